The summed E-state index contributed by atoms with van der Waals surface area (Å²) in [6.45, 7) is 5.25. The number of carbonyl (C=O) groups excluding carboxylic acids is 1. The molecular formula is C13H16BrNO4. The summed E-state index contributed by atoms with van der Waals surface area (Å²) in [7, 11) is 1.48. The Hall–Kier alpha value is -1.56. The number of carboxylic acids is 1. The molecule has 19 heavy (non-hydrogen) atoms. The minimum atomic E-state index is -1.10. The number of nitrogens with zero attached hydrogens (tertiary/aromatic N) is 1. The van der Waals surface area contributed by atoms with Gasteiger partial charge in [0.05, 0.1) is 11.3 Å². The summed E-state index contributed by atoms with van der Waals surface area (Å²) in [6, 6.07) is 4.67. The highest BCUT2D eigenvalue weighted by Gasteiger charge is 2.23. The van der Waals surface area contributed by atoms with Crippen molar-refractivity contribution in [3.63, 3.8) is 0 Å². The first-order valence-corrected chi connectivity index (χ1v) is 6.40. The van der Waals surface area contributed by atoms with E-state index in [2.05, 4.69) is 15.9 Å². The van der Waals surface area contributed by atoms with Crippen LogP contribution < -0.4 is 4.90 Å². The molecule has 0 saturated carbocycles. The third kappa shape index (κ3) is 4.24. The highest BCUT2D eigenvalue weighted by molar-refractivity contribution is 9.10. The van der Waals surface area contributed by atoms with Crippen LogP contribution in [0.25, 0.3) is 0 Å². The number of aromatic carboxylic acids is 1. The molecule has 6 heteroatoms. The highest BCUT2D eigenvalue weighted by atomic mass is 79.9. The minimum Gasteiger partial charge on any atom is -0.478 e. The zero-order valence-electron chi connectivity index (χ0n) is 11.2. The van der Waals surface area contributed by atoms with Crippen LogP contribution in [-0.2, 0) is 4.74 Å². The maximum absolute atomic E-state index is 11.9. The lowest BCUT2D eigenvalue weighted by Gasteiger charge is -2.25. The second-order valence-electron chi connectivity index (χ2n) is 5.01. The monoisotopic (exact) mass is 329 g/mol. The maximum Gasteiger partial charge on any atom is 0.414 e. The second kappa shape index (κ2) is 5.61. The second-order valence-corrected chi connectivity index (χ2v) is 5.92. The quantitative estimate of drug-likeness (QED) is 0.901. The summed E-state index contributed by atoms with van der Waals surface area (Å²) in [5.74, 6) is -1.10. The Bertz CT molecular complexity index is 508. The Balaban J connectivity index is 3.09. The molecule has 0 radical (unpaired) electrons. The number of halogens is 1. The number of anilines is 1. The smallest absolute Gasteiger partial charge is 0.414 e. The predicted octanol–water partition coefficient (Wildman–Crippen LogP) is 3.52. The van der Waals surface area contributed by atoms with Crippen LogP contribution >= 0.6 is 15.9 Å². The predicted molar refractivity (Wildman–Crippen MR) is 75.7 cm³/mol. The van der Waals surface area contributed by atoms with E-state index in [1.165, 1.54) is 18.0 Å². The summed E-state index contributed by atoms with van der Waals surface area (Å²) >= 11 is 3.20. The van der Waals surface area contributed by atoms with Crippen LogP contribution in [-0.4, -0.2) is 29.8 Å². The lowest BCUT2D eigenvalue weighted by Crippen LogP contribution is -2.34. The van der Waals surface area contributed by atoms with Gasteiger partial charge in [-0.2, -0.15) is 0 Å². The van der Waals surface area contributed by atoms with Gasteiger partial charge < -0.3 is 9.84 Å². The molecule has 1 aromatic rings. The molecule has 1 N–H and O–H groups in total. The first kappa shape index (κ1) is 15.5. The van der Waals surface area contributed by atoms with Gasteiger partial charge in [-0.15, -0.1) is 0 Å². The van der Waals surface area contributed by atoms with Gasteiger partial charge in [-0.1, -0.05) is 15.9 Å². The Labute approximate surface area is 120 Å². The number of benzene rings is 1. The number of hydrogen-bond acceptors (Lipinski definition) is 3. The van der Waals surface area contributed by atoms with Gasteiger partial charge in [0.25, 0.3) is 0 Å². The first-order valence-electron chi connectivity index (χ1n) is 5.61. The van der Waals surface area contributed by atoms with Crippen molar-refractivity contribution in [1.82, 2.24) is 0 Å². The average Bonchev–Trinajstić information content (AvgIpc) is 2.25. The van der Waals surface area contributed by atoms with Crippen molar-refractivity contribution in [2.45, 2.75) is 26.4 Å². The van der Waals surface area contributed by atoms with Crippen molar-refractivity contribution in [3.05, 3.63) is 28.2 Å². The number of carboxylic acid groups (broad SMARTS) is 1. The molecule has 0 aliphatic carbocycles. The van der Waals surface area contributed by atoms with Crippen LogP contribution in [0.1, 0.15) is 31.1 Å². The van der Waals surface area contributed by atoms with Gasteiger partial charge in [-0.05, 0) is 39.0 Å². The largest absolute Gasteiger partial charge is 0.478 e. The number of ether oxygens (including phenoxy) is 1. The minimum absolute atomic E-state index is 0.0303. The summed E-state index contributed by atoms with van der Waals surface area (Å²) in [6.07, 6.45) is -0.600. The zero-order valence-corrected chi connectivity index (χ0v) is 12.8. The maximum atomic E-state index is 11.9. The SMILES string of the molecule is CN(C(=O)OC(C)(C)C)c1ccc(Br)cc1C(=O)O. The average molecular weight is 330 g/mol. The van der Waals surface area contributed by atoms with Crippen LogP contribution in [0.5, 0.6) is 0 Å². The van der Waals surface area contributed by atoms with E-state index in [1.807, 2.05) is 0 Å². The van der Waals surface area contributed by atoms with Crippen LogP contribution in [0, 0.1) is 0 Å². The molecule has 0 saturated heterocycles. The molecule has 0 spiro atoms. The van der Waals surface area contributed by atoms with Crippen LogP contribution in [0.2, 0.25) is 0 Å². The van der Waals surface area contributed by atoms with Gasteiger partial charge in [0.1, 0.15) is 5.60 Å². The van der Waals surface area contributed by atoms with Gasteiger partial charge in [0, 0.05) is 11.5 Å². The van der Waals surface area contributed by atoms with E-state index in [9.17, 15) is 9.59 Å². The van der Waals surface area contributed by atoms with Gasteiger partial charge in [0.2, 0.25) is 0 Å². The Kier molecular flexibility index (Phi) is 4.57. The molecule has 1 rings (SSSR count). The van der Waals surface area contributed by atoms with Gasteiger partial charge in [0.15, 0.2) is 0 Å². The fourth-order valence-corrected chi connectivity index (χ4v) is 1.76. The lowest BCUT2D eigenvalue weighted by molar-refractivity contribution is 0.0589. The van der Waals surface area contributed by atoms with E-state index >= 15 is 0 Å². The number of carbonyl (C=O) groups is 2. The Morgan fingerprint density at radius 1 is 1.32 bits per heavy atom. The fourth-order valence-electron chi connectivity index (χ4n) is 1.40. The molecule has 5 nitrogen and oxygen atoms in total. The first-order chi connectivity index (χ1) is 8.61. The van der Waals surface area contributed by atoms with E-state index in [4.69, 9.17) is 9.84 Å². The molecular weight excluding hydrogens is 314 g/mol. The molecule has 0 aliphatic heterocycles. The van der Waals surface area contributed by atoms with E-state index in [0.29, 0.717) is 4.47 Å². The molecule has 0 heterocycles. The lowest BCUT2D eigenvalue weighted by atomic mass is 10.1. The molecule has 1 amide bonds. The van der Waals surface area contributed by atoms with Crippen molar-refractivity contribution < 1.29 is 19.4 Å². The van der Waals surface area contributed by atoms with Crippen LogP contribution in [0.3, 0.4) is 0 Å². The number of rotatable bonds is 2. The van der Waals surface area contributed by atoms with Crippen molar-refractivity contribution in [2.75, 3.05) is 11.9 Å². The van der Waals surface area contributed by atoms with E-state index in [1.54, 1.807) is 32.9 Å². The Morgan fingerprint density at radius 3 is 2.37 bits per heavy atom. The molecule has 0 atom stereocenters. The molecule has 104 valence electrons. The summed E-state index contributed by atoms with van der Waals surface area (Å²) < 4.78 is 5.83. The van der Waals surface area contributed by atoms with E-state index in [0.717, 1.165) is 0 Å². The highest BCUT2D eigenvalue weighted by Crippen LogP contribution is 2.25. The molecule has 0 aliphatic rings. The number of amides is 1. The summed E-state index contributed by atoms with van der Waals surface area (Å²) in [5, 5.41) is 9.15. The van der Waals surface area contributed by atoms with E-state index in [-0.39, 0.29) is 11.3 Å². The van der Waals surface area contributed by atoms with Crippen LogP contribution in [0.15, 0.2) is 22.7 Å². The van der Waals surface area contributed by atoms with E-state index < -0.39 is 17.7 Å². The topological polar surface area (TPSA) is 66.8 Å². The van der Waals surface area contributed by atoms with Gasteiger partial charge >= 0.3 is 12.1 Å². The normalized spacial score (nSPS) is 11.0. The summed E-state index contributed by atoms with van der Waals surface area (Å²) in [5.41, 5.74) is -0.322. The molecule has 1 aromatic carbocycles. The molecule has 0 bridgehead atoms. The van der Waals surface area contributed by atoms with Crippen LogP contribution in [0.4, 0.5) is 10.5 Å². The zero-order chi connectivity index (χ0) is 14.8. The third-order valence-corrected chi connectivity index (χ3v) is 2.71. The standard InChI is InChI=1S/C13H16BrNO4/c1-13(2,3)19-12(18)15(4)10-6-5-8(14)7-9(10)11(16)17/h5-7H,1-4H3,(H,16,17). The fraction of sp³-hybridized carbons (Fsp3) is 0.385. The third-order valence-electron chi connectivity index (χ3n) is 2.22. The van der Waals surface area contributed by atoms with Crippen molar-refractivity contribution >= 4 is 33.7 Å². The number of hydrogen-bond donors (Lipinski definition) is 1. The Morgan fingerprint density at radius 2 is 1.89 bits per heavy atom. The molecule has 0 aromatic heterocycles. The van der Waals surface area contributed by atoms with Crippen molar-refractivity contribution in [3.8, 4) is 0 Å². The summed E-state index contributed by atoms with van der Waals surface area (Å²) in [4.78, 5) is 24.3. The van der Waals surface area contributed by atoms with Crippen molar-refractivity contribution in [2.24, 2.45) is 0 Å². The molecule has 0 unspecified atom stereocenters. The molecule has 0 fully saturated rings. The van der Waals surface area contributed by atoms with Gasteiger partial charge in [-0.25, -0.2) is 9.59 Å². The van der Waals surface area contributed by atoms with Crippen molar-refractivity contribution in [1.29, 1.82) is 0 Å². The van der Waals surface area contributed by atoms with Gasteiger partial charge in [-0.3, -0.25) is 4.90 Å².